The molecule has 0 saturated carbocycles. The third kappa shape index (κ3) is 4.48. The van der Waals surface area contributed by atoms with Crippen molar-refractivity contribution < 1.29 is 9.32 Å². The van der Waals surface area contributed by atoms with Gasteiger partial charge < -0.3 is 9.42 Å². The molecule has 0 aliphatic carbocycles. The van der Waals surface area contributed by atoms with E-state index in [9.17, 15) is 4.79 Å². The van der Waals surface area contributed by atoms with Gasteiger partial charge in [0, 0.05) is 38.4 Å². The predicted molar refractivity (Wildman–Crippen MR) is 87.3 cm³/mol. The molecule has 1 aliphatic rings. The number of carbonyl (C=O) groups excluding carboxylic acids is 1. The van der Waals surface area contributed by atoms with Crippen LogP contribution >= 0.6 is 0 Å². The van der Waals surface area contributed by atoms with Gasteiger partial charge >= 0.3 is 0 Å². The number of benzene rings is 1. The molecule has 0 radical (unpaired) electrons. The minimum absolute atomic E-state index is 0.224. The third-order valence-corrected chi connectivity index (χ3v) is 4.39. The van der Waals surface area contributed by atoms with Crippen molar-refractivity contribution in [2.24, 2.45) is 5.92 Å². The standard InChI is InChI=1S/C18H23N3O2/c1-14-19-18(20-23-14)12-15-6-5-10-21(13-15)11-9-17(22)16-7-3-2-4-8-16/h2-4,7-8,15H,5-6,9-13H2,1H3/t15-/m0/s1. The fourth-order valence-corrected chi connectivity index (χ4v) is 3.23. The number of ketones is 1. The average molecular weight is 313 g/mol. The molecule has 3 rings (SSSR count). The quantitative estimate of drug-likeness (QED) is 0.767. The van der Waals surface area contributed by atoms with E-state index in [2.05, 4.69) is 15.0 Å². The van der Waals surface area contributed by atoms with Gasteiger partial charge in [-0.2, -0.15) is 4.98 Å². The number of nitrogens with zero attached hydrogens (tertiary/aromatic N) is 3. The van der Waals surface area contributed by atoms with Crippen molar-refractivity contribution in [2.45, 2.75) is 32.6 Å². The number of hydrogen-bond acceptors (Lipinski definition) is 5. The highest BCUT2D eigenvalue weighted by molar-refractivity contribution is 5.96. The summed E-state index contributed by atoms with van der Waals surface area (Å²) >= 11 is 0. The Labute approximate surface area is 136 Å². The predicted octanol–water partition coefficient (Wildman–Crippen LogP) is 2.91. The van der Waals surface area contributed by atoms with Crippen LogP contribution in [0.25, 0.3) is 0 Å². The van der Waals surface area contributed by atoms with E-state index in [-0.39, 0.29) is 5.78 Å². The van der Waals surface area contributed by atoms with Crippen LogP contribution in [0.1, 0.15) is 41.3 Å². The number of hydrogen-bond donors (Lipinski definition) is 0. The minimum Gasteiger partial charge on any atom is -0.340 e. The van der Waals surface area contributed by atoms with Gasteiger partial charge in [0.2, 0.25) is 5.89 Å². The molecule has 1 atom stereocenters. The Balaban J connectivity index is 1.48. The number of carbonyl (C=O) groups is 1. The summed E-state index contributed by atoms with van der Waals surface area (Å²) in [6, 6.07) is 9.54. The van der Waals surface area contributed by atoms with Gasteiger partial charge in [0.1, 0.15) is 0 Å². The van der Waals surface area contributed by atoms with Crippen molar-refractivity contribution in [3.8, 4) is 0 Å². The van der Waals surface area contributed by atoms with E-state index in [0.717, 1.165) is 37.4 Å². The van der Waals surface area contributed by atoms with Crippen LogP contribution in [0.5, 0.6) is 0 Å². The Hall–Kier alpha value is -2.01. The number of piperidine rings is 1. The maximum Gasteiger partial charge on any atom is 0.223 e. The number of aromatic nitrogens is 2. The second-order valence-corrected chi connectivity index (χ2v) is 6.28. The molecule has 2 heterocycles. The largest absolute Gasteiger partial charge is 0.340 e. The first-order valence-electron chi connectivity index (χ1n) is 8.30. The first kappa shape index (κ1) is 15.9. The summed E-state index contributed by atoms with van der Waals surface area (Å²) in [7, 11) is 0. The monoisotopic (exact) mass is 313 g/mol. The van der Waals surface area contributed by atoms with Crippen LogP contribution in [0.15, 0.2) is 34.9 Å². The van der Waals surface area contributed by atoms with Crippen LogP contribution in [-0.2, 0) is 6.42 Å². The van der Waals surface area contributed by atoms with Gasteiger partial charge in [-0.05, 0) is 25.3 Å². The van der Waals surface area contributed by atoms with Gasteiger partial charge in [0.25, 0.3) is 0 Å². The first-order chi connectivity index (χ1) is 11.2. The number of Topliss-reactive ketones (excluding diaryl/α,β-unsaturated/α-hetero) is 1. The molecule has 122 valence electrons. The average Bonchev–Trinajstić information content (AvgIpc) is 2.99. The van der Waals surface area contributed by atoms with Crippen LogP contribution in [0.2, 0.25) is 0 Å². The van der Waals surface area contributed by atoms with Crippen molar-refractivity contribution >= 4 is 5.78 Å². The van der Waals surface area contributed by atoms with Crippen LogP contribution in [0.4, 0.5) is 0 Å². The summed E-state index contributed by atoms with van der Waals surface area (Å²) < 4.78 is 5.04. The van der Waals surface area contributed by atoms with Gasteiger partial charge in [-0.15, -0.1) is 0 Å². The van der Waals surface area contributed by atoms with Crippen molar-refractivity contribution in [1.82, 2.24) is 15.0 Å². The summed E-state index contributed by atoms with van der Waals surface area (Å²) in [5.41, 5.74) is 0.809. The van der Waals surface area contributed by atoms with Gasteiger partial charge in [-0.3, -0.25) is 4.79 Å². The Morgan fingerprint density at radius 1 is 1.35 bits per heavy atom. The zero-order valence-electron chi connectivity index (χ0n) is 13.6. The lowest BCUT2D eigenvalue weighted by Crippen LogP contribution is -2.37. The van der Waals surface area contributed by atoms with E-state index >= 15 is 0 Å². The number of aryl methyl sites for hydroxylation is 1. The summed E-state index contributed by atoms with van der Waals surface area (Å²) in [5.74, 6) is 2.20. The van der Waals surface area contributed by atoms with E-state index in [4.69, 9.17) is 4.52 Å². The van der Waals surface area contributed by atoms with Crippen molar-refractivity contribution in [3.63, 3.8) is 0 Å². The molecule has 1 aromatic heterocycles. The molecule has 0 amide bonds. The Morgan fingerprint density at radius 2 is 2.17 bits per heavy atom. The van der Waals surface area contributed by atoms with Crippen molar-refractivity contribution in [1.29, 1.82) is 0 Å². The van der Waals surface area contributed by atoms with Crippen molar-refractivity contribution in [3.05, 3.63) is 47.6 Å². The normalized spacial score (nSPS) is 18.9. The van der Waals surface area contributed by atoms with Crippen LogP contribution in [0, 0.1) is 12.8 Å². The fourth-order valence-electron chi connectivity index (χ4n) is 3.23. The van der Waals surface area contributed by atoms with E-state index < -0.39 is 0 Å². The number of rotatable bonds is 6. The van der Waals surface area contributed by atoms with Crippen LogP contribution in [0.3, 0.4) is 0 Å². The molecular formula is C18H23N3O2. The highest BCUT2D eigenvalue weighted by Gasteiger charge is 2.22. The lowest BCUT2D eigenvalue weighted by Gasteiger charge is -2.32. The molecular weight excluding hydrogens is 290 g/mol. The summed E-state index contributed by atoms with van der Waals surface area (Å²) in [4.78, 5) is 18.9. The second-order valence-electron chi connectivity index (χ2n) is 6.28. The molecule has 1 saturated heterocycles. The molecule has 0 N–H and O–H groups in total. The molecule has 0 bridgehead atoms. The Kier molecular flexibility index (Phi) is 5.18. The maximum absolute atomic E-state index is 12.2. The van der Waals surface area contributed by atoms with Crippen LogP contribution in [-0.4, -0.2) is 40.5 Å². The first-order valence-corrected chi connectivity index (χ1v) is 8.30. The topological polar surface area (TPSA) is 59.2 Å². The second kappa shape index (κ2) is 7.51. The fraction of sp³-hybridized carbons (Fsp3) is 0.500. The van der Waals surface area contributed by atoms with E-state index in [1.165, 1.54) is 12.8 Å². The van der Waals surface area contributed by atoms with Gasteiger partial charge in [0.15, 0.2) is 11.6 Å². The molecule has 5 heteroatoms. The lowest BCUT2D eigenvalue weighted by molar-refractivity contribution is 0.0945. The molecule has 0 unspecified atom stereocenters. The van der Waals surface area contributed by atoms with E-state index in [1.807, 2.05) is 37.3 Å². The zero-order valence-corrected chi connectivity index (χ0v) is 13.6. The smallest absolute Gasteiger partial charge is 0.223 e. The number of likely N-dealkylation sites (tertiary alicyclic amines) is 1. The molecule has 1 aromatic carbocycles. The van der Waals surface area contributed by atoms with E-state index in [0.29, 0.717) is 18.2 Å². The summed E-state index contributed by atoms with van der Waals surface area (Å²) in [6.07, 6.45) is 3.80. The molecule has 23 heavy (non-hydrogen) atoms. The minimum atomic E-state index is 0.224. The highest BCUT2D eigenvalue weighted by atomic mass is 16.5. The van der Waals surface area contributed by atoms with Gasteiger partial charge in [-0.1, -0.05) is 35.5 Å². The lowest BCUT2D eigenvalue weighted by atomic mass is 9.94. The molecule has 1 fully saturated rings. The summed E-state index contributed by atoms with van der Waals surface area (Å²) in [5, 5.41) is 3.99. The Morgan fingerprint density at radius 3 is 2.91 bits per heavy atom. The van der Waals surface area contributed by atoms with Crippen molar-refractivity contribution in [2.75, 3.05) is 19.6 Å². The SMILES string of the molecule is Cc1nc(C[C@@H]2CCCN(CCC(=O)c3ccccc3)C2)no1. The molecule has 1 aliphatic heterocycles. The molecule has 0 spiro atoms. The Bertz CT molecular complexity index is 639. The van der Waals surface area contributed by atoms with Crippen LogP contribution < -0.4 is 0 Å². The molecule has 5 nitrogen and oxygen atoms in total. The van der Waals surface area contributed by atoms with E-state index in [1.54, 1.807) is 0 Å². The maximum atomic E-state index is 12.2. The third-order valence-electron chi connectivity index (χ3n) is 4.39. The summed E-state index contributed by atoms with van der Waals surface area (Å²) in [6.45, 7) is 4.73. The molecule has 2 aromatic rings. The van der Waals surface area contributed by atoms with Gasteiger partial charge in [0.05, 0.1) is 0 Å². The van der Waals surface area contributed by atoms with Gasteiger partial charge in [-0.25, -0.2) is 0 Å². The highest BCUT2D eigenvalue weighted by Crippen LogP contribution is 2.20. The zero-order chi connectivity index (χ0) is 16.1.